The van der Waals surface area contributed by atoms with Gasteiger partial charge in [0.25, 0.3) is 0 Å². The molecule has 8 heteroatoms. The Bertz CT molecular complexity index is 1200. The van der Waals surface area contributed by atoms with Crippen molar-refractivity contribution in [3.8, 4) is 11.4 Å². The fourth-order valence-corrected chi connectivity index (χ4v) is 4.29. The lowest BCUT2D eigenvalue weighted by molar-refractivity contribution is -0.115. The van der Waals surface area contributed by atoms with E-state index in [0.29, 0.717) is 6.04 Å². The van der Waals surface area contributed by atoms with Gasteiger partial charge in [0.2, 0.25) is 5.91 Å². The van der Waals surface area contributed by atoms with Crippen molar-refractivity contribution in [2.45, 2.75) is 36.2 Å². The lowest BCUT2D eigenvalue weighted by Crippen LogP contribution is -2.23. The molecule has 3 aromatic heterocycles. The molecule has 0 aliphatic heterocycles. The summed E-state index contributed by atoms with van der Waals surface area (Å²) in [4.78, 5) is 21.5. The SMILES string of the molecule is CC(Sc1nnc(-c2cccnc2)n1C1CC1)C(=O)Nc1cccc2ncccc12. The van der Waals surface area contributed by atoms with Gasteiger partial charge in [-0.1, -0.05) is 17.8 Å². The summed E-state index contributed by atoms with van der Waals surface area (Å²) in [5.74, 6) is 0.727. The molecule has 1 saturated carbocycles. The molecule has 150 valence electrons. The molecule has 0 bridgehead atoms. The summed E-state index contributed by atoms with van der Waals surface area (Å²) in [5.41, 5.74) is 2.55. The van der Waals surface area contributed by atoms with Crippen molar-refractivity contribution in [3.63, 3.8) is 0 Å². The molecule has 1 aromatic carbocycles. The Morgan fingerprint density at radius 1 is 1.13 bits per heavy atom. The number of amides is 1. The zero-order valence-electron chi connectivity index (χ0n) is 16.4. The summed E-state index contributed by atoms with van der Waals surface area (Å²) < 4.78 is 2.15. The molecule has 1 aliphatic rings. The van der Waals surface area contributed by atoms with Crippen molar-refractivity contribution in [2.75, 3.05) is 5.32 Å². The quantitative estimate of drug-likeness (QED) is 0.471. The maximum absolute atomic E-state index is 12.9. The van der Waals surface area contributed by atoms with Gasteiger partial charge >= 0.3 is 0 Å². The van der Waals surface area contributed by atoms with Crippen LogP contribution in [0.3, 0.4) is 0 Å². The molecule has 3 heterocycles. The molecule has 1 amide bonds. The Hall–Kier alpha value is -3.26. The number of anilines is 1. The van der Waals surface area contributed by atoms with Crippen LogP contribution in [-0.2, 0) is 4.79 Å². The minimum absolute atomic E-state index is 0.0790. The fourth-order valence-electron chi connectivity index (χ4n) is 3.37. The molecular weight excluding hydrogens is 396 g/mol. The normalized spacial score (nSPS) is 14.6. The van der Waals surface area contributed by atoms with Gasteiger partial charge in [0, 0.05) is 35.6 Å². The van der Waals surface area contributed by atoms with Crippen molar-refractivity contribution in [1.29, 1.82) is 0 Å². The third kappa shape index (κ3) is 3.66. The van der Waals surface area contributed by atoms with Crippen LogP contribution in [0.2, 0.25) is 0 Å². The zero-order chi connectivity index (χ0) is 20.5. The Labute approximate surface area is 178 Å². The average Bonchev–Trinajstić information content (AvgIpc) is 3.54. The van der Waals surface area contributed by atoms with Crippen LogP contribution in [0.1, 0.15) is 25.8 Å². The van der Waals surface area contributed by atoms with E-state index in [1.807, 2.05) is 49.4 Å². The summed E-state index contributed by atoms with van der Waals surface area (Å²) >= 11 is 1.43. The van der Waals surface area contributed by atoms with Crippen LogP contribution >= 0.6 is 11.8 Å². The lowest BCUT2D eigenvalue weighted by atomic mass is 10.2. The van der Waals surface area contributed by atoms with Gasteiger partial charge in [-0.15, -0.1) is 10.2 Å². The van der Waals surface area contributed by atoms with Crippen LogP contribution in [0.25, 0.3) is 22.3 Å². The van der Waals surface area contributed by atoms with Crippen molar-refractivity contribution < 1.29 is 4.79 Å². The van der Waals surface area contributed by atoms with Gasteiger partial charge in [-0.25, -0.2) is 0 Å². The third-order valence-corrected chi connectivity index (χ3v) is 6.11. The molecule has 4 aromatic rings. The number of hydrogen-bond donors (Lipinski definition) is 1. The van der Waals surface area contributed by atoms with Crippen molar-refractivity contribution in [2.24, 2.45) is 0 Å². The minimum Gasteiger partial charge on any atom is -0.324 e. The highest BCUT2D eigenvalue weighted by Crippen LogP contribution is 2.41. The Balaban J connectivity index is 1.37. The monoisotopic (exact) mass is 416 g/mol. The van der Waals surface area contributed by atoms with Gasteiger partial charge < -0.3 is 5.32 Å². The van der Waals surface area contributed by atoms with E-state index in [0.717, 1.165) is 46.0 Å². The maximum Gasteiger partial charge on any atom is 0.237 e. The number of benzene rings is 1. The number of nitrogens with zero attached hydrogens (tertiary/aromatic N) is 5. The van der Waals surface area contributed by atoms with E-state index in [1.165, 1.54) is 11.8 Å². The summed E-state index contributed by atoms with van der Waals surface area (Å²) in [7, 11) is 0. The van der Waals surface area contributed by atoms with E-state index in [4.69, 9.17) is 0 Å². The van der Waals surface area contributed by atoms with Crippen molar-refractivity contribution >= 4 is 34.3 Å². The molecule has 30 heavy (non-hydrogen) atoms. The highest BCUT2D eigenvalue weighted by atomic mass is 32.2. The molecule has 1 fully saturated rings. The number of rotatable bonds is 6. The number of fused-ring (bicyclic) bond motifs is 1. The van der Waals surface area contributed by atoms with E-state index in [1.54, 1.807) is 18.6 Å². The van der Waals surface area contributed by atoms with Crippen molar-refractivity contribution in [3.05, 3.63) is 61.1 Å². The van der Waals surface area contributed by atoms with Crippen LogP contribution in [-0.4, -0.2) is 35.9 Å². The first-order chi connectivity index (χ1) is 14.7. The second-order valence-electron chi connectivity index (χ2n) is 7.27. The van der Waals surface area contributed by atoms with Crippen LogP contribution in [0.5, 0.6) is 0 Å². The van der Waals surface area contributed by atoms with E-state index < -0.39 is 0 Å². The Kier molecular flexibility index (Phi) is 4.92. The van der Waals surface area contributed by atoms with Gasteiger partial charge in [-0.05, 0) is 56.2 Å². The molecule has 1 atom stereocenters. The van der Waals surface area contributed by atoms with Gasteiger partial charge in [0.05, 0.1) is 16.5 Å². The number of pyridine rings is 2. The number of carbonyl (C=O) groups excluding carboxylic acids is 1. The smallest absolute Gasteiger partial charge is 0.237 e. The summed E-state index contributed by atoms with van der Waals surface area (Å²) in [6, 6.07) is 13.8. The molecule has 1 N–H and O–H groups in total. The molecule has 1 unspecified atom stereocenters. The van der Waals surface area contributed by atoms with Gasteiger partial charge in [-0.2, -0.15) is 0 Å². The summed E-state index contributed by atoms with van der Waals surface area (Å²) in [5, 5.41) is 13.2. The highest BCUT2D eigenvalue weighted by molar-refractivity contribution is 8.00. The molecule has 0 saturated heterocycles. The first-order valence-electron chi connectivity index (χ1n) is 9.87. The second-order valence-corrected chi connectivity index (χ2v) is 8.58. The predicted octanol–water partition coefficient (Wildman–Crippen LogP) is 4.34. The van der Waals surface area contributed by atoms with E-state index >= 15 is 0 Å². The number of nitrogens with one attached hydrogen (secondary N) is 1. The van der Waals surface area contributed by atoms with Crippen LogP contribution < -0.4 is 5.32 Å². The lowest BCUT2D eigenvalue weighted by Gasteiger charge is -2.14. The second kappa shape index (κ2) is 7.87. The van der Waals surface area contributed by atoms with Crippen LogP contribution in [0.15, 0.2) is 66.2 Å². The minimum atomic E-state index is -0.333. The molecule has 7 nitrogen and oxygen atoms in total. The van der Waals surface area contributed by atoms with E-state index in [9.17, 15) is 4.79 Å². The number of thioether (sulfide) groups is 1. The molecular formula is C22H20N6OS. The fraction of sp³-hybridized carbons (Fsp3) is 0.227. The Morgan fingerprint density at radius 2 is 2.00 bits per heavy atom. The van der Waals surface area contributed by atoms with Gasteiger partial charge in [0.15, 0.2) is 11.0 Å². The topological polar surface area (TPSA) is 85.6 Å². The maximum atomic E-state index is 12.9. The van der Waals surface area contributed by atoms with Crippen molar-refractivity contribution in [1.82, 2.24) is 24.7 Å². The summed E-state index contributed by atoms with van der Waals surface area (Å²) in [6.07, 6.45) is 7.48. The van der Waals surface area contributed by atoms with E-state index in [-0.39, 0.29) is 11.2 Å². The first kappa shape index (κ1) is 18.7. The van der Waals surface area contributed by atoms with Crippen LogP contribution in [0.4, 0.5) is 5.69 Å². The number of carbonyl (C=O) groups is 1. The standard InChI is InChI=1S/C22H20N6OS/c1-14(21(29)25-19-8-2-7-18-17(19)6-4-12-24-18)30-22-27-26-20(28(22)16-9-10-16)15-5-3-11-23-13-15/h2-8,11-14,16H,9-10H2,1H3,(H,25,29). The number of hydrogen-bond acceptors (Lipinski definition) is 6. The molecule has 5 rings (SSSR count). The molecule has 0 radical (unpaired) electrons. The first-order valence-corrected chi connectivity index (χ1v) is 10.8. The third-order valence-electron chi connectivity index (χ3n) is 5.05. The predicted molar refractivity (Wildman–Crippen MR) is 117 cm³/mol. The Morgan fingerprint density at radius 3 is 2.80 bits per heavy atom. The van der Waals surface area contributed by atoms with Crippen LogP contribution in [0, 0.1) is 0 Å². The van der Waals surface area contributed by atoms with E-state index in [2.05, 4.69) is 30.0 Å². The highest BCUT2D eigenvalue weighted by Gasteiger charge is 2.31. The largest absolute Gasteiger partial charge is 0.324 e. The summed E-state index contributed by atoms with van der Waals surface area (Å²) in [6.45, 7) is 1.89. The molecule has 0 spiro atoms. The number of aromatic nitrogens is 5. The molecule has 1 aliphatic carbocycles. The van der Waals surface area contributed by atoms with Gasteiger partial charge in [-0.3, -0.25) is 19.3 Å². The van der Waals surface area contributed by atoms with Gasteiger partial charge in [0.1, 0.15) is 0 Å². The average molecular weight is 417 g/mol. The zero-order valence-corrected chi connectivity index (χ0v) is 17.2.